The van der Waals surface area contributed by atoms with E-state index in [9.17, 15) is 0 Å². The number of ether oxygens (including phenoxy) is 1. The molecule has 0 bridgehead atoms. The summed E-state index contributed by atoms with van der Waals surface area (Å²) in [5.41, 5.74) is 0. The van der Waals surface area contributed by atoms with Gasteiger partial charge in [0.25, 0.3) is 0 Å². The van der Waals surface area contributed by atoms with Gasteiger partial charge in [0.05, 0.1) is 3.57 Å². The highest BCUT2D eigenvalue weighted by atomic mass is 127. The Balaban J connectivity index is 2.12. The van der Waals surface area contributed by atoms with Crippen molar-refractivity contribution in [3.8, 4) is 5.75 Å². The lowest BCUT2D eigenvalue weighted by molar-refractivity contribution is 0.247. The molecule has 2 rings (SSSR count). The molecule has 0 amide bonds. The molecule has 0 radical (unpaired) electrons. The standard InChI is InChI=1S/C11H10BrIO/c12-8-5-6-11(10(13)7-8)14-9-3-1-2-4-9/h1,3,5-7,9H,2,4H2. The normalized spacial score (nSPS) is 20.0. The first kappa shape index (κ1) is 10.5. The van der Waals surface area contributed by atoms with E-state index in [4.69, 9.17) is 4.74 Å². The largest absolute Gasteiger partial charge is 0.485 e. The van der Waals surface area contributed by atoms with E-state index in [0.29, 0.717) is 0 Å². The summed E-state index contributed by atoms with van der Waals surface area (Å²) in [5, 5.41) is 0. The second-order valence-electron chi connectivity index (χ2n) is 3.24. The SMILES string of the molecule is Brc1ccc(OC2C=CCC2)c(I)c1. The molecule has 0 heterocycles. The van der Waals surface area contributed by atoms with Crippen LogP contribution in [-0.4, -0.2) is 6.10 Å². The van der Waals surface area contributed by atoms with Crippen LogP contribution < -0.4 is 4.74 Å². The van der Waals surface area contributed by atoms with Crippen molar-refractivity contribution < 1.29 is 4.74 Å². The maximum atomic E-state index is 5.85. The number of allylic oxidation sites excluding steroid dienone is 1. The van der Waals surface area contributed by atoms with E-state index in [1.54, 1.807) is 0 Å². The Bertz CT molecular complexity index is 362. The Labute approximate surface area is 106 Å². The van der Waals surface area contributed by atoms with Gasteiger partial charge in [-0.3, -0.25) is 0 Å². The smallest absolute Gasteiger partial charge is 0.133 e. The number of rotatable bonds is 2. The van der Waals surface area contributed by atoms with Gasteiger partial charge in [-0.2, -0.15) is 0 Å². The molecular formula is C11H10BrIO. The molecule has 0 fully saturated rings. The lowest BCUT2D eigenvalue weighted by Crippen LogP contribution is -2.10. The summed E-state index contributed by atoms with van der Waals surface area (Å²) >= 11 is 5.73. The van der Waals surface area contributed by atoms with Crippen LogP contribution in [0.1, 0.15) is 12.8 Å². The first-order valence-corrected chi connectivity index (χ1v) is 6.41. The predicted octanol–water partition coefficient (Wildman–Crippen LogP) is 4.15. The van der Waals surface area contributed by atoms with Crippen molar-refractivity contribution in [2.75, 3.05) is 0 Å². The minimum Gasteiger partial charge on any atom is -0.485 e. The van der Waals surface area contributed by atoms with Gasteiger partial charge in [0.15, 0.2) is 0 Å². The molecule has 0 spiro atoms. The fraction of sp³-hybridized carbons (Fsp3) is 0.273. The summed E-state index contributed by atoms with van der Waals surface area (Å²) in [7, 11) is 0. The minimum absolute atomic E-state index is 0.268. The van der Waals surface area contributed by atoms with Crippen LogP contribution >= 0.6 is 38.5 Å². The van der Waals surface area contributed by atoms with Crippen molar-refractivity contribution in [2.45, 2.75) is 18.9 Å². The van der Waals surface area contributed by atoms with Crippen molar-refractivity contribution in [2.24, 2.45) is 0 Å². The zero-order chi connectivity index (χ0) is 9.97. The third-order valence-electron chi connectivity index (χ3n) is 2.14. The molecule has 1 aromatic carbocycles. The van der Waals surface area contributed by atoms with E-state index >= 15 is 0 Å². The highest BCUT2D eigenvalue weighted by Crippen LogP contribution is 2.27. The topological polar surface area (TPSA) is 9.23 Å². The highest BCUT2D eigenvalue weighted by molar-refractivity contribution is 14.1. The molecule has 0 saturated heterocycles. The summed E-state index contributed by atoms with van der Waals surface area (Å²) in [6.45, 7) is 0. The third-order valence-corrected chi connectivity index (χ3v) is 3.48. The Kier molecular flexibility index (Phi) is 3.49. The van der Waals surface area contributed by atoms with Gasteiger partial charge >= 0.3 is 0 Å². The van der Waals surface area contributed by atoms with Gasteiger partial charge in [0.2, 0.25) is 0 Å². The lowest BCUT2D eigenvalue weighted by atomic mass is 10.3. The van der Waals surface area contributed by atoms with Crippen LogP contribution in [0.15, 0.2) is 34.8 Å². The van der Waals surface area contributed by atoms with E-state index in [-0.39, 0.29) is 6.10 Å². The van der Waals surface area contributed by atoms with Crippen molar-refractivity contribution in [3.05, 3.63) is 38.4 Å². The van der Waals surface area contributed by atoms with E-state index in [0.717, 1.165) is 26.6 Å². The zero-order valence-electron chi connectivity index (χ0n) is 7.54. The number of hydrogen-bond donors (Lipinski definition) is 0. The molecule has 74 valence electrons. The average Bonchev–Trinajstić information content (AvgIpc) is 2.62. The van der Waals surface area contributed by atoms with Gasteiger partial charge in [0.1, 0.15) is 11.9 Å². The van der Waals surface area contributed by atoms with Crippen LogP contribution in [0, 0.1) is 3.57 Å². The monoisotopic (exact) mass is 364 g/mol. The fourth-order valence-electron chi connectivity index (χ4n) is 1.44. The summed E-state index contributed by atoms with van der Waals surface area (Å²) in [6.07, 6.45) is 6.82. The van der Waals surface area contributed by atoms with Crippen LogP contribution in [0.5, 0.6) is 5.75 Å². The molecule has 1 aliphatic rings. The van der Waals surface area contributed by atoms with Gasteiger partial charge in [-0.05, 0) is 59.7 Å². The summed E-state index contributed by atoms with van der Waals surface area (Å²) in [5.74, 6) is 0.977. The predicted molar refractivity (Wildman–Crippen MR) is 69.6 cm³/mol. The quantitative estimate of drug-likeness (QED) is 0.565. The van der Waals surface area contributed by atoms with Crippen LogP contribution in [0.4, 0.5) is 0 Å². The van der Waals surface area contributed by atoms with Gasteiger partial charge < -0.3 is 4.74 Å². The summed E-state index contributed by atoms with van der Waals surface area (Å²) in [6, 6.07) is 6.09. The molecule has 1 atom stereocenters. The van der Waals surface area contributed by atoms with Crippen molar-refractivity contribution in [3.63, 3.8) is 0 Å². The molecule has 1 unspecified atom stereocenters. The highest BCUT2D eigenvalue weighted by Gasteiger charge is 2.12. The number of hydrogen-bond acceptors (Lipinski definition) is 1. The van der Waals surface area contributed by atoms with Crippen molar-refractivity contribution >= 4 is 38.5 Å². The van der Waals surface area contributed by atoms with Gasteiger partial charge in [-0.15, -0.1) is 0 Å². The second-order valence-corrected chi connectivity index (χ2v) is 5.31. The zero-order valence-corrected chi connectivity index (χ0v) is 11.3. The second kappa shape index (κ2) is 4.66. The van der Waals surface area contributed by atoms with Crippen LogP contribution in [0.2, 0.25) is 0 Å². The Hall–Kier alpha value is -0.0300. The number of benzene rings is 1. The molecule has 3 heteroatoms. The van der Waals surface area contributed by atoms with Crippen LogP contribution in [-0.2, 0) is 0 Å². The first-order chi connectivity index (χ1) is 6.75. The molecule has 0 aliphatic heterocycles. The lowest BCUT2D eigenvalue weighted by Gasteiger charge is -2.13. The Morgan fingerprint density at radius 3 is 2.93 bits per heavy atom. The van der Waals surface area contributed by atoms with Gasteiger partial charge in [-0.25, -0.2) is 0 Å². The van der Waals surface area contributed by atoms with E-state index < -0.39 is 0 Å². The molecular weight excluding hydrogens is 355 g/mol. The van der Waals surface area contributed by atoms with E-state index in [2.05, 4.69) is 56.7 Å². The number of halogens is 2. The third kappa shape index (κ3) is 2.51. The van der Waals surface area contributed by atoms with Crippen LogP contribution in [0.3, 0.4) is 0 Å². The molecule has 1 aromatic rings. The maximum absolute atomic E-state index is 5.85. The molecule has 0 N–H and O–H groups in total. The van der Waals surface area contributed by atoms with Crippen molar-refractivity contribution in [1.29, 1.82) is 0 Å². The first-order valence-electron chi connectivity index (χ1n) is 4.54. The summed E-state index contributed by atoms with van der Waals surface area (Å²) < 4.78 is 8.09. The molecule has 0 aromatic heterocycles. The Morgan fingerprint density at radius 2 is 2.29 bits per heavy atom. The molecule has 1 nitrogen and oxygen atoms in total. The maximum Gasteiger partial charge on any atom is 0.133 e. The van der Waals surface area contributed by atoms with E-state index in [1.807, 2.05) is 12.1 Å². The van der Waals surface area contributed by atoms with E-state index in [1.165, 1.54) is 0 Å². The Morgan fingerprint density at radius 1 is 1.43 bits per heavy atom. The minimum atomic E-state index is 0.268. The van der Waals surface area contributed by atoms with Gasteiger partial charge in [-0.1, -0.05) is 22.0 Å². The molecule has 0 saturated carbocycles. The molecule has 1 aliphatic carbocycles. The van der Waals surface area contributed by atoms with Crippen molar-refractivity contribution in [1.82, 2.24) is 0 Å². The van der Waals surface area contributed by atoms with Crippen LogP contribution in [0.25, 0.3) is 0 Å². The summed E-state index contributed by atoms with van der Waals surface area (Å²) in [4.78, 5) is 0. The fourth-order valence-corrected chi connectivity index (χ4v) is 2.87. The molecule has 14 heavy (non-hydrogen) atoms. The average molecular weight is 365 g/mol. The van der Waals surface area contributed by atoms with Gasteiger partial charge in [0, 0.05) is 4.47 Å².